The summed E-state index contributed by atoms with van der Waals surface area (Å²) in [6.45, 7) is -0.0618. The average molecular weight is 419 g/mol. The van der Waals surface area contributed by atoms with E-state index in [2.05, 4.69) is 41.3 Å². The molecule has 5 N–H and O–H groups in total. The van der Waals surface area contributed by atoms with E-state index in [1.165, 1.54) is 5.46 Å². The van der Waals surface area contributed by atoms with E-state index in [0.717, 1.165) is 44.8 Å². The lowest BCUT2D eigenvalue weighted by Gasteiger charge is -2.07. The normalized spacial score (nSPS) is 11.0. The van der Waals surface area contributed by atoms with Crippen molar-refractivity contribution < 1.29 is 4.79 Å². The van der Waals surface area contributed by atoms with Gasteiger partial charge in [-0.15, -0.1) is 0 Å². The Hall–Kier alpha value is -4.10. The maximum Gasteiger partial charge on any atom is 0.238 e. The number of nitrogens with zero attached hydrogens (tertiary/aromatic N) is 1. The molecule has 0 aliphatic rings. The number of nitrogens with two attached hydrogens (primary N) is 1. The van der Waals surface area contributed by atoms with Gasteiger partial charge in [-0.1, -0.05) is 60.1 Å². The van der Waals surface area contributed by atoms with E-state index in [1.54, 1.807) is 0 Å². The van der Waals surface area contributed by atoms with Crippen LogP contribution in [0.2, 0.25) is 0 Å². The fourth-order valence-corrected chi connectivity index (χ4v) is 3.91. The van der Waals surface area contributed by atoms with Gasteiger partial charge in [-0.25, -0.2) is 4.98 Å². The Labute approximate surface area is 186 Å². The third-order valence-electron chi connectivity index (χ3n) is 5.46. The molecule has 0 spiro atoms. The lowest BCUT2D eigenvalue weighted by Crippen LogP contribution is -2.21. The first-order valence-electron chi connectivity index (χ1n) is 10.5. The summed E-state index contributed by atoms with van der Waals surface area (Å²) in [7, 11) is 2.08. The van der Waals surface area contributed by atoms with Gasteiger partial charge in [-0.2, -0.15) is 0 Å². The average Bonchev–Trinajstić information content (AvgIpc) is 3.44. The minimum Gasteiger partial charge on any atom is -0.360 e. The van der Waals surface area contributed by atoms with Crippen molar-refractivity contribution in [2.45, 2.75) is 0 Å². The van der Waals surface area contributed by atoms with Crippen molar-refractivity contribution in [2.75, 3.05) is 11.9 Å². The number of benzene rings is 3. The Kier molecular flexibility index (Phi) is 5.09. The number of aromatic nitrogens is 3. The number of rotatable bonds is 5. The fraction of sp³-hybridized carbons (Fsp3) is 0.0400. The molecule has 0 atom stereocenters. The Balaban J connectivity index is 1.67. The molecular formula is C25H22BN5O. The minimum atomic E-state index is -0.232. The van der Waals surface area contributed by atoms with E-state index >= 15 is 0 Å². The van der Waals surface area contributed by atoms with Gasteiger partial charge in [0.15, 0.2) is 0 Å². The Morgan fingerprint density at radius 3 is 2.62 bits per heavy atom. The molecular weight excluding hydrogens is 397 g/mol. The molecule has 156 valence electrons. The molecule has 0 bridgehead atoms. The topological polar surface area (TPSA) is 99.6 Å². The van der Waals surface area contributed by atoms with Crippen LogP contribution in [-0.4, -0.2) is 35.3 Å². The lowest BCUT2D eigenvalue weighted by atomic mass is 9.94. The highest BCUT2D eigenvalue weighted by atomic mass is 16.1. The summed E-state index contributed by atoms with van der Waals surface area (Å²) in [4.78, 5) is 23.6. The zero-order valence-corrected chi connectivity index (χ0v) is 17.6. The molecule has 0 aliphatic heterocycles. The van der Waals surface area contributed by atoms with Crippen LogP contribution in [0.4, 0.5) is 5.69 Å². The fourth-order valence-electron chi connectivity index (χ4n) is 3.91. The summed E-state index contributed by atoms with van der Waals surface area (Å²) in [5.41, 5.74) is 13.1. The summed E-state index contributed by atoms with van der Waals surface area (Å²) < 4.78 is 0. The van der Waals surface area contributed by atoms with Crippen molar-refractivity contribution in [1.82, 2.24) is 15.0 Å². The van der Waals surface area contributed by atoms with Crippen LogP contribution in [-0.2, 0) is 4.79 Å². The van der Waals surface area contributed by atoms with Crippen LogP contribution in [0.3, 0.4) is 0 Å². The van der Waals surface area contributed by atoms with Gasteiger partial charge in [-0.3, -0.25) is 4.79 Å². The summed E-state index contributed by atoms with van der Waals surface area (Å²) in [5.74, 6) is 0.553. The van der Waals surface area contributed by atoms with Crippen LogP contribution < -0.4 is 16.5 Å². The molecule has 5 rings (SSSR count). The number of fused-ring (bicyclic) bond motifs is 1. The highest BCUT2D eigenvalue weighted by molar-refractivity contribution is 6.33. The van der Waals surface area contributed by atoms with Gasteiger partial charge in [0.25, 0.3) is 0 Å². The number of aromatic amines is 2. The smallest absolute Gasteiger partial charge is 0.238 e. The minimum absolute atomic E-state index is 0.0618. The monoisotopic (exact) mass is 419 g/mol. The molecule has 0 aliphatic carbocycles. The van der Waals surface area contributed by atoms with Crippen LogP contribution in [0.5, 0.6) is 0 Å². The first kappa shape index (κ1) is 19.8. The second-order valence-electron chi connectivity index (χ2n) is 7.76. The van der Waals surface area contributed by atoms with Crippen molar-refractivity contribution >= 4 is 35.8 Å². The predicted octanol–water partition coefficient (Wildman–Crippen LogP) is 3.05. The van der Waals surface area contributed by atoms with Crippen molar-refractivity contribution in [1.29, 1.82) is 0 Å². The maximum atomic E-state index is 11.8. The summed E-state index contributed by atoms with van der Waals surface area (Å²) in [6.07, 6.45) is 1.99. The number of carbonyl (C=O) groups excluding carboxylic acids is 1. The van der Waals surface area contributed by atoms with E-state index < -0.39 is 0 Å². The van der Waals surface area contributed by atoms with Crippen LogP contribution in [0.1, 0.15) is 0 Å². The van der Waals surface area contributed by atoms with E-state index in [-0.39, 0.29) is 12.5 Å². The van der Waals surface area contributed by atoms with Crippen LogP contribution in [0.25, 0.3) is 44.8 Å². The highest BCUT2D eigenvalue weighted by Crippen LogP contribution is 2.35. The number of nitrogens with one attached hydrogen (secondary N) is 3. The van der Waals surface area contributed by atoms with Crippen LogP contribution in [0.15, 0.2) is 79.0 Å². The summed E-state index contributed by atoms with van der Waals surface area (Å²) >= 11 is 0. The largest absolute Gasteiger partial charge is 0.360 e. The quantitative estimate of drug-likeness (QED) is 0.330. The molecule has 6 nitrogen and oxygen atoms in total. The van der Waals surface area contributed by atoms with Gasteiger partial charge in [0.2, 0.25) is 5.91 Å². The zero-order valence-electron chi connectivity index (χ0n) is 17.6. The molecule has 5 aromatic rings. The molecule has 7 heteroatoms. The van der Waals surface area contributed by atoms with Gasteiger partial charge in [0.05, 0.1) is 17.9 Å². The van der Waals surface area contributed by atoms with Crippen molar-refractivity contribution in [3.63, 3.8) is 0 Å². The van der Waals surface area contributed by atoms with E-state index in [0.29, 0.717) is 5.69 Å². The van der Waals surface area contributed by atoms with Gasteiger partial charge >= 0.3 is 0 Å². The van der Waals surface area contributed by atoms with Crippen LogP contribution in [0, 0.1) is 0 Å². The van der Waals surface area contributed by atoms with Gasteiger partial charge in [0.1, 0.15) is 13.7 Å². The molecule has 3 aromatic carbocycles. The van der Waals surface area contributed by atoms with Crippen molar-refractivity contribution in [3.05, 3.63) is 79.0 Å². The number of imidazole rings is 1. The number of H-pyrrole nitrogens is 2. The Morgan fingerprint density at radius 1 is 1.00 bits per heavy atom. The van der Waals surface area contributed by atoms with E-state index in [1.807, 2.05) is 60.8 Å². The third-order valence-corrected chi connectivity index (χ3v) is 5.46. The number of anilines is 1. The Morgan fingerprint density at radius 2 is 1.81 bits per heavy atom. The summed E-state index contributed by atoms with van der Waals surface area (Å²) in [6, 6.07) is 24.1. The van der Waals surface area contributed by atoms with Crippen LogP contribution >= 0.6 is 0 Å². The number of hydrogen-bond acceptors (Lipinski definition) is 3. The molecule has 2 aromatic heterocycles. The van der Waals surface area contributed by atoms with Gasteiger partial charge in [0, 0.05) is 39.5 Å². The second-order valence-corrected chi connectivity index (χ2v) is 7.76. The molecule has 1 amide bonds. The first-order valence-corrected chi connectivity index (χ1v) is 10.5. The predicted molar refractivity (Wildman–Crippen MR) is 133 cm³/mol. The second kappa shape index (κ2) is 8.21. The number of amides is 1. The molecule has 2 heterocycles. The third kappa shape index (κ3) is 3.70. The zero-order chi connectivity index (χ0) is 22.1. The van der Waals surface area contributed by atoms with Gasteiger partial charge < -0.3 is 21.0 Å². The highest BCUT2D eigenvalue weighted by Gasteiger charge is 2.18. The Bertz CT molecular complexity index is 1420. The number of hydrogen-bond donors (Lipinski definition) is 4. The van der Waals surface area contributed by atoms with E-state index in [9.17, 15) is 4.79 Å². The standard InChI is InChI=1S/C25H22BN5O/c26-17-9-10-21-19(12-17)20(14-28-21)25-30-23(15-5-2-1-3-6-15)24(31-25)16-7-4-8-18(11-16)29-22(32)13-27/h1-12,14,28H,13,26-27H2,(H,29,32)(H,30,31). The van der Waals surface area contributed by atoms with E-state index in [4.69, 9.17) is 10.7 Å². The molecule has 0 saturated heterocycles. The molecule has 0 saturated carbocycles. The SMILES string of the molecule is Bc1ccc2[nH]cc(-c3nc(-c4ccccc4)c(-c4cccc(NC(=O)CN)c4)[nH]3)c2c1. The molecule has 0 unspecified atom stereocenters. The lowest BCUT2D eigenvalue weighted by molar-refractivity contribution is -0.114. The summed E-state index contributed by atoms with van der Waals surface area (Å²) in [5, 5.41) is 3.94. The first-order chi connectivity index (χ1) is 15.6. The molecule has 0 radical (unpaired) electrons. The van der Waals surface area contributed by atoms with Crippen molar-refractivity contribution in [2.24, 2.45) is 5.73 Å². The maximum absolute atomic E-state index is 11.8. The van der Waals surface area contributed by atoms with Crippen molar-refractivity contribution in [3.8, 4) is 33.9 Å². The van der Waals surface area contributed by atoms with Gasteiger partial charge in [-0.05, 0) is 18.2 Å². The number of carbonyl (C=O) groups is 1. The molecule has 0 fully saturated rings. The molecule has 32 heavy (non-hydrogen) atoms.